The van der Waals surface area contributed by atoms with Gasteiger partial charge >= 0.3 is 6.09 Å². The lowest BCUT2D eigenvalue weighted by atomic mass is 10.0. The Morgan fingerprint density at radius 1 is 1.21 bits per heavy atom. The van der Waals surface area contributed by atoms with Crippen molar-refractivity contribution < 1.29 is 27.6 Å². The maximum Gasteiger partial charge on any atom is 0.408 e. The van der Waals surface area contributed by atoms with Crippen molar-refractivity contribution in [1.82, 2.24) is 20.0 Å². The predicted molar refractivity (Wildman–Crippen MR) is 142 cm³/mol. The molecule has 0 atom stereocenters. The van der Waals surface area contributed by atoms with Gasteiger partial charge in [0.25, 0.3) is 0 Å². The number of nitrogens with one attached hydrogen (secondary N) is 1. The second-order valence-electron chi connectivity index (χ2n) is 10.7. The van der Waals surface area contributed by atoms with E-state index in [-0.39, 0.29) is 30.3 Å². The zero-order chi connectivity index (χ0) is 29.0. The fourth-order valence-corrected chi connectivity index (χ4v) is 3.68. The van der Waals surface area contributed by atoms with E-state index in [4.69, 9.17) is 14.0 Å². The normalized spacial score (nSPS) is 12.4. The number of rotatable bonds is 9. The molecule has 0 saturated carbocycles. The molecule has 1 amide bonds. The summed E-state index contributed by atoms with van der Waals surface area (Å²) in [6, 6.07) is 5.37. The lowest BCUT2D eigenvalue weighted by Gasteiger charge is -2.27. The van der Waals surface area contributed by atoms with E-state index in [0.29, 0.717) is 23.5 Å². The molecule has 9 nitrogen and oxygen atoms in total. The zero-order valence-corrected chi connectivity index (χ0v) is 23.4. The van der Waals surface area contributed by atoms with E-state index in [1.807, 2.05) is 27.7 Å². The number of ether oxygens (including phenoxy) is 2. The van der Waals surface area contributed by atoms with E-state index in [1.54, 1.807) is 37.6 Å². The van der Waals surface area contributed by atoms with Crippen LogP contribution in [0, 0.1) is 18.6 Å². The number of halogens is 2. The van der Waals surface area contributed by atoms with Crippen molar-refractivity contribution in [3.63, 3.8) is 0 Å². The van der Waals surface area contributed by atoms with Gasteiger partial charge in [-0.15, -0.1) is 0 Å². The number of amides is 1. The lowest BCUT2D eigenvalue weighted by Crippen LogP contribution is -2.47. The Hall–Kier alpha value is -4.02. The minimum Gasteiger partial charge on any atom is -0.485 e. The Morgan fingerprint density at radius 2 is 1.87 bits per heavy atom. The first-order chi connectivity index (χ1) is 18.2. The molecule has 1 N–H and O–H groups in total. The van der Waals surface area contributed by atoms with Gasteiger partial charge in [-0.25, -0.2) is 13.6 Å². The molecule has 3 aromatic rings. The van der Waals surface area contributed by atoms with E-state index in [0.717, 1.165) is 5.56 Å². The summed E-state index contributed by atoms with van der Waals surface area (Å²) in [7, 11) is 0. The standard InChI is InChI=1S/C28H35F2N5O4/c1-9-31-25-22(37-16-19-20(29)11-10-12-21(19)30)13-17(2)15-35(25)18(3)24-32-23(39-34-24)14-28(7,8)33-26(36)38-27(4,5)6/h10-13,15H,3,9,14,16H2,1-2,4-8H3,(H,33,36)/b31-25-. The number of alkyl carbamates (subject to hydrolysis) is 1. The number of aromatic nitrogens is 3. The quantitative estimate of drug-likeness (QED) is 0.392. The first-order valence-corrected chi connectivity index (χ1v) is 12.5. The van der Waals surface area contributed by atoms with Crippen LogP contribution in [0.2, 0.25) is 0 Å². The Labute approximate surface area is 226 Å². The fourth-order valence-electron chi connectivity index (χ4n) is 3.68. The van der Waals surface area contributed by atoms with Crippen LogP contribution >= 0.6 is 0 Å². The van der Waals surface area contributed by atoms with E-state index >= 15 is 0 Å². The highest BCUT2D eigenvalue weighted by molar-refractivity contribution is 5.68. The largest absolute Gasteiger partial charge is 0.485 e. The number of nitrogens with zero attached hydrogens (tertiary/aromatic N) is 4. The summed E-state index contributed by atoms with van der Waals surface area (Å²) < 4.78 is 46.6. The molecule has 1 aromatic carbocycles. The van der Waals surface area contributed by atoms with Gasteiger partial charge in [0.2, 0.25) is 11.7 Å². The van der Waals surface area contributed by atoms with E-state index in [1.165, 1.54) is 18.2 Å². The van der Waals surface area contributed by atoms with Crippen molar-refractivity contribution in [2.75, 3.05) is 6.54 Å². The molecule has 11 heteroatoms. The van der Waals surface area contributed by atoms with Crippen LogP contribution in [0.25, 0.3) is 5.70 Å². The first-order valence-electron chi connectivity index (χ1n) is 12.5. The molecular weight excluding hydrogens is 508 g/mol. The Bertz CT molecular complexity index is 1400. The summed E-state index contributed by atoms with van der Waals surface area (Å²) in [5.41, 5.74) is -0.0496. The third kappa shape index (κ3) is 7.98. The summed E-state index contributed by atoms with van der Waals surface area (Å²) >= 11 is 0. The molecule has 0 aliphatic rings. The van der Waals surface area contributed by atoms with Crippen molar-refractivity contribution in [2.45, 2.75) is 72.6 Å². The van der Waals surface area contributed by atoms with Gasteiger partial charge < -0.3 is 19.3 Å². The van der Waals surface area contributed by atoms with Gasteiger partial charge in [-0.1, -0.05) is 17.8 Å². The maximum atomic E-state index is 14.2. The van der Waals surface area contributed by atoms with Gasteiger partial charge in [0.15, 0.2) is 11.2 Å². The highest BCUT2D eigenvalue weighted by atomic mass is 19.1. The molecule has 0 aliphatic carbocycles. The van der Waals surface area contributed by atoms with Crippen molar-refractivity contribution in [1.29, 1.82) is 0 Å². The van der Waals surface area contributed by atoms with Gasteiger partial charge in [0, 0.05) is 24.7 Å². The molecular formula is C28H35F2N5O4. The van der Waals surface area contributed by atoms with Crippen LogP contribution < -0.4 is 15.5 Å². The van der Waals surface area contributed by atoms with Crippen LogP contribution in [-0.4, -0.2) is 38.5 Å². The van der Waals surface area contributed by atoms with E-state index < -0.39 is 28.9 Å². The van der Waals surface area contributed by atoms with E-state index in [2.05, 4.69) is 27.0 Å². The van der Waals surface area contributed by atoms with Crippen LogP contribution in [0.5, 0.6) is 5.75 Å². The van der Waals surface area contributed by atoms with Crippen LogP contribution in [0.3, 0.4) is 0 Å². The third-order valence-corrected chi connectivity index (χ3v) is 5.33. The Balaban J connectivity index is 1.85. The Morgan fingerprint density at radius 3 is 2.49 bits per heavy atom. The van der Waals surface area contributed by atoms with Gasteiger partial charge in [-0.05, 0) is 72.2 Å². The molecule has 2 heterocycles. The molecule has 3 rings (SSSR count). The zero-order valence-electron chi connectivity index (χ0n) is 23.4. The van der Waals surface area contributed by atoms with Gasteiger partial charge in [-0.2, -0.15) is 4.98 Å². The molecule has 0 spiro atoms. The summed E-state index contributed by atoms with van der Waals surface area (Å²) in [6.07, 6.45) is 1.46. The topological polar surface area (TPSA) is 104 Å². The van der Waals surface area contributed by atoms with Crippen molar-refractivity contribution in [2.24, 2.45) is 4.99 Å². The number of pyridine rings is 1. The van der Waals surface area contributed by atoms with Gasteiger partial charge in [-0.3, -0.25) is 9.56 Å². The third-order valence-electron chi connectivity index (χ3n) is 5.33. The second kappa shape index (κ2) is 11.8. The number of hydrogen-bond acceptors (Lipinski definition) is 7. The first kappa shape index (κ1) is 29.5. The van der Waals surface area contributed by atoms with E-state index in [9.17, 15) is 13.6 Å². The number of carbonyl (C=O) groups is 1. The summed E-state index contributed by atoms with van der Waals surface area (Å²) in [5.74, 6) is -0.602. The van der Waals surface area contributed by atoms with Crippen LogP contribution in [-0.2, 0) is 17.8 Å². The minimum atomic E-state index is -0.740. The minimum absolute atomic E-state index is 0.183. The van der Waals surface area contributed by atoms with Crippen LogP contribution in [0.4, 0.5) is 13.6 Å². The Kier molecular flexibility index (Phi) is 8.93. The average molecular weight is 544 g/mol. The van der Waals surface area contributed by atoms with Crippen molar-refractivity contribution in [3.05, 3.63) is 77.0 Å². The highest BCUT2D eigenvalue weighted by Gasteiger charge is 2.27. The number of benzene rings is 1. The monoisotopic (exact) mass is 543 g/mol. The second-order valence-corrected chi connectivity index (χ2v) is 10.7. The van der Waals surface area contributed by atoms with Crippen LogP contribution in [0.1, 0.15) is 64.4 Å². The molecule has 39 heavy (non-hydrogen) atoms. The molecule has 2 aromatic heterocycles. The molecule has 0 fully saturated rings. The van der Waals surface area contributed by atoms with Gasteiger partial charge in [0.05, 0.1) is 11.3 Å². The highest BCUT2D eigenvalue weighted by Crippen LogP contribution is 2.20. The SMILES string of the molecule is C=C(c1noc(CC(C)(C)NC(=O)OC(C)(C)C)n1)n1cc(C)cc(OCc2c(F)cccc2F)/c1=N/CC. The predicted octanol–water partition coefficient (Wildman–Crippen LogP) is 5.32. The molecule has 0 unspecified atom stereocenters. The number of carbonyl (C=O) groups excluding carboxylic acids is 1. The average Bonchev–Trinajstić information content (AvgIpc) is 3.25. The lowest BCUT2D eigenvalue weighted by molar-refractivity contribution is 0.0469. The molecule has 0 bridgehead atoms. The molecule has 0 radical (unpaired) electrons. The van der Waals surface area contributed by atoms with Crippen molar-refractivity contribution >= 4 is 11.8 Å². The number of hydrogen-bond donors (Lipinski definition) is 1. The maximum absolute atomic E-state index is 14.2. The van der Waals surface area contributed by atoms with Crippen LogP contribution in [0.15, 0.2) is 46.6 Å². The molecule has 0 saturated heterocycles. The smallest absolute Gasteiger partial charge is 0.408 e. The summed E-state index contributed by atoms with van der Waals surface area (Å²) in [6.45, 7) is 16.9. The van der Waals surface area contributed by atoms with Gasteiger partial charge in [0.1, 0.15) is 23.8 Å². The number of aryl methyl sites for hydroxylation is 1. The molecule has 210 valence electrons. The van der Waals surface area contributed by atoms with Crippen molar-refractivity contribution in [3.8, 4) is 5.75 Å². The summed E-state index contributed by atoms with van der Waals surface area (Å²) in [5, 5.41) is 6.87. The fraction of sp³-hybridized carbons (Fsp3) is 0.429. The molecule has 0 aliphatic heterocycles. The summed E-state index contributed by atoms with van der Waals surface area (Å²) in [4.78, 5) is 21.2.